The van der Waals surface area contributed by atoms with E-state index in [9.17, 15) is 9.59 Å². The first-order valence-corrected chi connectivity index (χ1v) is 12.1. The summed E-state index contributed by atoms with van der Waals surface area (Å²) in [6.45, 7) is 5.24. The van der Waals surface area contributed by atoms with Crippen LogP contribution in [0.1, 0.15) is 117 Å². The van der Waals surface area contributed by atoms with Gasteiger partial charge in [-0.3, -0.25) is 4.79 Å². The average molecular weight is 448 g/mol. The molecule has 0 spiro atoms. The van der Waals surface area contributed by atoms with Gasteiger partial charge in [0.25, 0.3) is 0 Å². The van der Waals surface area contributed by atoms with Crippen molar-refractivity contribution in [1.82, 2.24) is 0 Å². The molecule has 0 fully saturated rings. The van der Waals surface area contributed by atoms with Crippen molar-refractivity contribution in [2.45, 2.75) is 129 Å². The summed E-state index contributed by atoms with van der Waals surface area (Å²) < 4.78 is 0. The fourth-order valence-corrected chi connectivity index (χ4v) is 3.09. The maximum absolute atomic E-state index is 10.4. The number of carboxylic acid groups (broad SMARTS) is 2. The molecule has 7 heteroatoms. The van der Waals surface area contributed by atoms with Gasteiger partial charge in [0.2, 0.25) is 0 Å². The minimum atomic E-state index is -1.16. The van der Waals surface area contributed by atoms with Crippen LogP contribution in [0.25, 0.3) is 0 Å². The van der Waals surface area contributed by atoms with Crippen molar-refractivity contribution in [1.29, 1.82) is 0 Å². The van der Waals surface area contributed by atoms with E-state index in [1.807, 2.05) is 0 Å². The van der Waals surface area contributed by atoms with Gasteiger partial charge in [-0.15, -0.1) is 0 Å². The van der Waals surface area contributed by atoms with Crippen LogP contribution in [0, 0.1) is 5.41 Å². The monoisotopic (exact) mass is 447 g/mol. The highest BCUT2D eigenvalue weighted by atomic mass is 16.4. The van der Waals surface area contributed by atoms with Gasteiger partial charge in [0, 0.05) is 5.41 Å². The summed E-state index contributed by atoms with van der Waals surface area (Å²) in [6.07, 6.45) is 17.3. The Balaban J connectivity index is 0. The summed E-state index contributed by atoms with van der Waals surface area (Å²) in [4.78, 5) is 20.7. The molecule has 0 aliphatic carbocycles. The number of aliphatic hydroxyl groups excluding tert-OH is 2. The van der Waals surface area contributed by atoms with Crippen LogP contribution in [0.4, 0.5) is 0 Å². The molecule has 0 saturated heterocycles. The number of hydrogen-bond acceptors (Lipinski definition) is 5. The second-order valence-electron chi connectivity index (χ2n) is 9.20. The molecule has 0 radical (unpaired) electrons. The lowest BCUT2D eigenvalue weighted by Gasteiger charge is -2.25. The van der Waals surface area contributed by atoms with Gasteiger partial charge in [0.1, 0.15) is 6.04 Å². The zero-order chi connectivity index (χ0) is 24.1. The molecular formula is C24H49NO6. The Bertz CT molecular complexity index is 442. The van der Waals surface area contributed by atoms with Crippen molar-refractivity contribution in [3.8, 4) is 0 Å². The Hall–Kier alpha value is -1.18. The molecule has 31 heavy (non-hydrogen) atoms. The highest BCUT2D eigenvalue weighted by Crippen LogP contribution is 2.17. The maximum atomic E-state index is 10.4. The van der Waals surface area contributed by atoms with Crippen LogP contribution in [0.15, 0.2) is 0 Å². The van der Waals surface area contributed by atoms with Crippen molar-refractivity contribution < 1.29 is 30.0 Å². The summed E-state index contributed by atoms with van der Waals surface area (Å²) in [5.74, 6) is -2.18. The van der Waals surface area contributed by atoms with Crippen molar-refractivity contribution in [3.05, 3.63) is 0 Å². The van der Waals surface area contributed by atoms with Gasteiger partial charge in [0.15, 0.2) is 6.10 Å². The third-order valence-corrected chi connectivity index (χ3v) is 5.63. The predicted molar refractivity (Wildman–Crippen MR) is 125 cm³/mol. The molecule has 2 unspecified atom stereocenters. The molecule has 0 rings (SSSR count). The quantitative estimate of drug-likeness (QED) is 0.180. The first-order valence-electron chi connectivity index (χ1n) is 12.1. The average Bonchev–Trinajstić information content (AvgIpc) is 2.73. The lowest BCUT2D eigenvalue weighted by atomic mass is 9.86. The van der Waals surface area contributed by atoms with E-state index in [1.54, 1.807) is 13.8 Å². The molecular weight excluding hydrogens is 398 g/mol. The smallest absolute Gasteiger partial charge is 0.332 e. The van der Waals surface area contributed by atoms with Gasteiger partial charge < -0.3 is 26.2 Å². The second kappa shape index (κ2) is 20.7. The molecule has 0 aliphatic rings. The van der Waals surface area contributed by atoms with E-state index >= 15 is 0 Å². The van der Waals surface area contributed by atoms with E-state index in [1.165, 1.54) is 77.0 Å². The van der Waals surface area contributed by atoms with E-state index in [2.05, 4.69) is 6.92 Å². The van der Waals surface area contributed by atoms with Crippen LogP contribution in [0.3, 0.4) is 0 Å². The number of aliphatic hydroxyl groups is 2. The van der Waals surface area contributed by atoms with Gasteiger partial charge in [-0.2, -0.15) is 0 Å². The molecule has 0 amide bonds. The van der Waals surface area contributed by atoms with E-state index in [0.29, 0.717) is 6.42 Å². The lowest BCUT2D eigenvalue weighted by Crippen LogP contribution is -2.45. The van der Waals surface area contributed by atoms with Crippen molar-refractivity contribution in [3.63, 3.8) is 0 Å². The summed E-state index contributed by atoms with van der Waals surface area (Å²) in [5.41, 5.74) is 4.50. The van der Waals surface area contributed by atoms with Crippen molar-refractivity contribution >= 4 is 11.9 Å². The number of rotatable bonds is 19. The highest BCUT2D eigenvalue weighted by molar-refractivity contribution is 5.74. The topological polar surface area (TPSA) is 141 Å². The molecule has 7 nitrogen and oxygen atoms in total. The normalized spacial score (nSPS) is 13.2. The minimum absolute atomic E-state index is 0.222. The molecule has 2 atom stereocenters. The van der Waals surface area contributed by atoms with E-state index in [0.717, 1.165) is 12.8 Å². The first-order chi connectivity index (χ1) is 14.6. The molecule has 0 heterocycles. The predicted octanol–water partition coefficient (Wildman–Crippen LogP) is 4.72. The van der Waals surface area contributed by atoms with E-state index in [-0.39, 0.29) is 6.61 Å². The fourth-order valence-electron chi connectivity index (χ4n) is 3.09. The first kappa shape index (κ1) is 32.0. The largest absolute Gasteiger partial charge is 0.480 e. The SMILES string of the molecule is CC(C)(CO)C(N)C(=O)O.CCCCCCCCCCCCCCCCC(O)C(=O)O. The summed E-state index contributed by atoms with van der Waals surface area (Å²) in [6, 6.07) is -1.00. The number of aliphatic carboxylic acids is 2. The van der Waals surface area contributed by atoms with Gasteiger partial charge >= 0.3 is 11.9 Å². The number of carbonyl (C=O) groups is 2. The van der Waals surface area contributed by atoms with Crippen LogP contribution in [0.2, 0.25) is 0 Å². The van der Waals surface area contributed by atoms with Crippen molar-refractivity contribution in [2.24, 2.45) is 11.1 Å². The van der Waals surface area contributed by atoms with Crippen LogP contribution in [-0.4, -0.2) is 51.1 Å². The van der Waals surface area contributed by atoms with Crippen LogP contribution in [0.5, 0.6) is 0 Å². The van der Waals surface area contributed by atoms with Gasteiger partial charge in [-0.1, -0.05) is 111 Å². The Morgan fingerprint density at radius 3 is 1.35 bits per heavy atom. The Morgan fingerprint density at radius 1 is 0.742 bits per heavy atom. The zero-order valence-corrected chi connectivity index (χ0v) is 20.2. The second-order valence-corrected chi connectivity index (χ2v) is 9.20. The molecule has 0 aromatic carbocycles. The van der Waals surface area contributed by atoms with Crippen LogP contribution < -0.4 is 5.73 Å². The highest BCUT2D eigenvalue weighted by Gasteiger charge is 2.30. The summed E-state index contributed by atoms with van der Waals surface area (Å²) >= 11 is 0. The van der Waals surface area contributed by atoms with E-state index < -0.39 is 29.5 Å². The molecule has 186 valence electrons. The van der Waals surface area contributed by atoms with Crippen LogP contribution >= 0.6 is 0 Å². The third kappa shape index (κ3) is 20.5. The third-order valence-electron chi connectivity index (χ3n) is 5.63. The molecule has 0 bridgehead atoms. The Kier molecular flexibility index (Phi) is 21.4. The number of nitrogens with two attached hydrogens (primary N) is 1. The summed E-state index contributed by atoms with van der Waals surface area (Å²) in [5, 5.41) is 34.7. The van der Waals surface area contributed by atoms with Gasteiger partial charge in [-0.25, -0.2) is 4.79 Å². The Morgan fingerprint density at radius 2 is 1.10 bits per heavy atom. The molecule has 0 aromatic rings. The maximum Gasteiger partial charge on any atom is 0.332 e. The van der Waals surface area contributed by atoms with Gasteiger partial charge in [-0.05, 0) is 6.42 Å². The molecule has 0 saturated carbocycles. The summed E-state index contributed by atoms with van der Waals surface area (Å²) in [7, 11) is 0. The number of carboxylic acids is 2. The van der Waals surface area contributed by atoms with E-state index in [4.69, 9.17) is 26.2 Å². The number of unbranched alkanes of at least 4 members (excludes halogenated alkanes) is 13. The molecule has 0 aromatic heterocycles. The lowest BCUT2D eigenvalue weighted by molar-refractivity contribution is -0.147. The minimum Gasteiger partial charge on any atom is -0.480 e. The molecule has 0 aliphatic heterocycles. The molecule has 6 N–H and O–H groups in total. The number of hydrogen-bond donors (Lipinski definition) is 5. The van der Waals surface area contributed by atoms with Crippen LogP contribution in [-0.2, 0) is 9.59 Å². The Labute approximate surface area is 189 Å². The fraction of sp³-hybridized carbons (Fsp3) is 0.917. The van der Waals surface area contributed by atoms with Gasteiger partial charge in [0.05, 0.1) is 6.61 Å². The van der Waals surface area contributed by atoms with Crippen molar-refractivity contribution in [2.75, 3.05) is 6.61 Å². The standard InChI is InChI=1S/C18H36O3.C6H13NO3/c1-2-3-4-5-6-7-8-9-10-11-12-13-14-15-16-17(19)18(20)21;1-6(2,3-8)4(7)5(9)10/h17,19H,2-16H2,1H3,(H,20,21);4,8H,3,7H2,1-2H3,(H,9,10). The zero-order valence-electron chi connectivity index (χ0n) is 20.2.